The fourth-order valence-electron chi connectivity index (χ4n) is 3.53. The smallest absolute Gasteiger partial charge is 0.0941 e. The SMILES string of the molecule is CCCNCC(Cc1nc2ccccc2s1)C1CCCC1. The molecule has 114 valence electrons. The van der Waals surface area contributed by atoms with Crippen LogP contribution in [-0.4, -0.2) is 18.1 Å². The van der Waals surface area contributed by atoms with Crippen LogP contribution in [0.2, 0.25) is 0 Å². The Morgan fingerprint density at radius 3 is 2.86 bits per heavy atom. The Balaban J connectivity index is 1.69. The molecular weight excluding hydrogens is 276 g/mol. The molecule has 21 heavy (non-hydrogen) atoms. The second-order valence-corrected chi connectivity index (χ2v) is 7.40. The molecule has 0 amide bonds. The highest BCUT2D eigenvalue weighted by Gasteiger charge is 2.25. The van der Waals surface area contributed by atoms with Gasteiger partial charge in [0.2, 0.25) is 0 Å². The standard InChI is InChI=1S/C18H26N2S/c1-2-11-19-13-15(14-7-3-4-8-14)12-18-20-16-9-5-6-10-17(16)21-18/h5-6,9-10,14-15,19H,2-4,7-8,11-13H2,1H3. The van der Waals surface area contributed by atoms with Gasteiger partial charge in [-0.1, -0.05) is 44.7 Å². The summed E-state index contributed by atoms with van der Waals surface area (Å²) in [6.45, 7) is 4.54. The Kier molecular flexibility index (Phi) is 5.26. The highest BCUT2D eigenvalue weighted by atomic mass is 32.1. The highest BCUT2D eigenvalue weighted by molar-refractivity contribution is 7.18. The first-order valence-corrected chi connectivity index (χ1v) is 9.23. The van der Waals surface area contributed by atoms with Gasteiger partial charge < -0.3 is 5.32 Å². The molecule has 0 bridgehead atoms. The maximum Gasteiger partial charge on any atom is 0.0941 e. The van der Waals surface area contributed by atoms with E-state index in [1.54, 1.807) is 0 Å². The van der Waals surface area contributed by atoms with Crippen LogP contribution < -0.4 is 5.32 Å². The van der Waals surface area contributed by atoms with Crippen LogP contribution in [0.15, 0.2) is 24.3 Å². The van der Waals surface area contributed by atoms with Crippen molar-refractivity contribution in [3.63, 3.8) is 0 Å². The van der Waals surface area contributed by atoms with Gasteiger partial charge >= 0.3 is 0 Å². The zero-order valence-electron chi connectivity index (χ0n) is 13.0. The molecule has 0 aliphatic heterocycles. The summed E-state index contributed by atoms with van der Waals surface area (Å²) in [6, 6.07) is 8.52. The lowest BCUT2D eigenvalue weighted by molar-refractivity contribution is 0.321. The number of aromatic nitrogens is 1. The van der Waals surface area contributed by atoms with E-state index in [-0.39, 0.29) is 0 Å². The van der Waals surface area contributed by atoms with E-state index in [0.717, 1.165) is 31.3 Å². The first kappa shape index (κ1) is 15.0. The number of fused-ring (bicyclic) bond motifs is 1. The zero-order valence-corrected chi connectivity index (χ0v) is 13.8. The summed E-state index contributed by atoms with van der Waals surface area (Å²) in [6.07, 6.45) is 8.07. The monoisotopic (exact) mass is 302 g/mol. The molecule has 2 aromatic rings. The Hall–Kier alpha value is -0.930. The Morgan fingerprint density at radius 1 is 1.29 bits per heavy atom. The molecule has 3 rings (SSSR count). The Morgan fingerprint density at radius 2 is 2.10 bits per heavy atom. The summed E-state index contributed by atoms with van der Waals surface area (Å²) >= 11 is 1.88. The van der Waals surface area contributed by atoms with E-state index in [4.69, 9.17) is 4.98 Å². The van der Waals surface area contributed by atoms with Crippen molar-refractivity contribution in [1.29, 1.82) is 0 Å². The van der Waals surface area contributed by atoms with Gasteiger partial charge in [-0.15, -0.1) is 11.3 Å². The van der Waals surface area contributed by atoms with Crippen LogP contribution in [0.25, 0.3) is 10.2 Å². The fourth-order valence-corrected chi connectivity index (χ4v) is 4.59. The van der Waals surface area contributed by atoms with Crippen molar-refractivity contribution in [3.05, 3.63) is 29.3 Å². The average Bonchev–Trinajstić information content (AvgIpc) is 3.15. The number of hydrogen-bond acceptors (Lipinski definition) is 3. The molecule has 0 spiro atoms. The third kappa shape index (κ3) is 3.83. The molecule has 1 fully saturated rings. The predicted molar refractivity (Wildman–Crippen MR) is 91.9 cm³/mol. The van der Waals surface area contributed by atoms with Crippen molar-refractivity contribution in [2.24, 2.45) is 11.8 Å². The maximum atomic E-state index is 4.84. The fraction of sp³-hybridized carbons (Fsp3) is 0.611. The summed E-state index contributed by atoms with van der Waals surface area (Å²) in [5.41, 5.74) is 1.17. The summed E-state index contributed by atoms with van der Waals surface area (Å²) in [7, 11) is 0. The molecule has 2 nitrogen and oxygen atoms in total. The number of nitrogens with zero attached hydrogens (tertiary/aromatic N) is 1. The lowest BCUT2D eigenvalue weighted by Gasteiger charge is -2.23. The molecule has 1 N–H and O–H groups in total. The third-order valence-electron chi connectivity index (χ3n) is 4.67. The molecule has 3 heteroatoms. The van der Waals surface area contributed by atoms with E-state index >= 15 is 0 Å². The van der Waals surface area contributed by atoms with Gasteiger partial charge in [0.05, 0.1) is 15.2 Å². The van der Waals surface area contributed by atoms with E-state index in [1.807, 2.05) is 11.3 Å². The van der Waals surface area contributed by atoms with Gasteiger partial charge in [-0.05, 0) is 43.5 Å². The van der Waals surface area contributed by atoms with E-state index in [1.165, 1.54) is 47.3 Å². The lowest BCUT2D eigenvalue weighted by Crippen LogP contribution is -2.29. The first-order valence-electron chi connectivity index (χ1n) is 8.42. The van der Waals surface area contributed by atoms with Crippen LogP contribution in [0.5, 0.6) is 0 Å². The number of rotatable bonds is 7. The number of para-hydroxylation sites is 1. The van der Waals surface area contributed by atoms with Crippen molar-refractivity contribution in [2.45, 2.75) is 45.4 Å². The van der Waals surface area contributed by atoms with Gasteiger partial charge in [0.25, 0.3) is 0 Å². The second-order valence-electron chi connectivity index (χ2n) is 6.29. The summed E-state index contributed by atoms with van der Waals surface area (Å²) in [4.78, 5) is 4.84. The van der Waals surface area contributed by atoms with Crippen molar-refractivity contribution in [2.75, 3.05) is 13.1 Å². The highest BCUT2D eigenvalue weighted by Crippen LogP contribution is 2.34. The maximum absolute atomic E-state index is 4.84. The summed E-state index contributed by atoms with van der Waals surface area (Å²) < 4.78 is 1.33. The minimum Gasteiger partial charge on any atom is -0.316 e. The number of benzene rings is 1. The molecule has 1 aliphatic carbocycles. The molecule has 1 saturated carbocycles. The lowest BCUT2D eigenvalue weighted by atomic mass is 9.88. The van der Waals surface area contributed by atoms with Gasteiger partial charge in [-0.3, -0.25) is 0 Å². The van der Waals surface area contributed by atoms with Crippen LogP contribution in [-0.2, 0) is 6.42 Å². The summed E-state index contributed by atoms with van der Waals surface area (Å²) in [5, 5.41) is 4.97. The minimum atomic E-state index is 0.764. The van der Waals surface area contributed by atoms with Crippen molar-refractivity contribution >= 4 is 21.6 Å². The molecular formula is C18H26N2S. The van der Waals surface area contributed by atoms with Gasteiger partial charge in [0.15, 0.2) is 0 Å². The molecule has 1 aliphatic rings. The van der Waals surface area contributed by atoms with Crippen LogP contribution in [0.1, 0.15) is 44.0 Å². The number of nitrogens with one attached hydrogen (secondary N) is 1. The first-order chi connectivity index (χ1) is 10.4. The van der Waals surface area contributed by atoms with Gasteiger partial charge in [-0.25, -0.2) is 4.98 Å². The Bertz CT molecular complexity index is 524. The van der Waals surface area contributed by atoms with E-state index in [0.29, 0.717) is 0 Å². The second kappa shape index (κ2) is 7.37. The van der Waals surface area contributed by atoms with Gasteiger partial charge in [-0.2, -0.15) is 0 Å². The van der Waals surface area contributed by atoms with Gasteiger partial charge in [0.1, 0.15) is 0 Å². The Labute approximate surface area is 132 Å². The van der Waals surface area contributed by atoms with Crippen LogP contribution >= 0.6 is 11.3 Å². The van der Waals surface area contributed by atoms with E-state index < -0.39 is 0 Å². The quantitative estimate of drug-likeness (QED) is 0.753. The van der Waals surface area contributed by atoms with Crippen LogP contribution in [0, 0.1) is 11.8 Å². The molecule has 0 saturated heterocycles. The third-order valence-corrected chi connectivity index (χ3v) is 5.73. The van der Waals surface area contributed by atoms with Crippen molar-refractivity contribution in [3.8, 4) is 0 Å². The molecule has 1 aromatic heterocycles. The summed E-state index contributed by atoms with van der Waals surface area (Å²) in [5.74, 6) is 1.67. The largest absolute Gasteiger partial charge is 0.316 e. The van der Waals surface area contributed by atoms with E-state index in [9.17, 15) is 0 Å². The van der Waals surface area contributed by atoms with Crippen LogP contribution in [0.3, 0.4) is 0 Å². The number of thiazole rings is 1. The molecule has 0 radical (unpaired) electrons. The molecule has 1 atom stereocenters. The van der Waals surface area contributed by atoms with Crippen molar-refractivity contribution in [1.82, 2.24) is 10.3 Å². The minimum absolute atomic E-state index is 0.764. The number of hydrogen-bond donors (Lipinski definition) is 1. The van der Waals surface area contributed by atoms with Gasteiger partial charge in [0, 0.05) is 6.42 Å². The predicted octanol–water partition coefficient (Wildman–Crippen LogP) is 4.64. The normalized spacial score (nSPS) is 17.6. The van der Waals surface area contributed by atoms with Crippen molar-refractivity contribution < 1.29 is 0 Å². The van der Waals surface area contributed by atoms with E-state index in [2.05, 4.69) is 36.5 Å². The topological polar surface area (TPSA) is 24.9 Å². The molecule has 1 aromatic carbocycles. The molecule has 1 unspecified atom stereocenters. The van der Waals surface area contributed by atoms with Crippen LogP contribution in [0.4, 0.5) is 0 Å². The molecule has 1 heterocycles. The zero-order chi connectivity index (χ0) is 14.5. The average molecular weight is 302 g/mol.